The number of rotatable bonds is 7. The Bertz CT molecular complexity index is 692. The van der Waals surface area contributed by atoms with Crippen molar-refractivity contribution in [2.75, 3.05) is 26.7 Å². The maximum atomic E-state index is 12.8. The number of carbonyl (C=O) groups excluding carboxylic acids is 1. The molecule has 2 fully saturated rings. The van der Waals surface area contributed by atoms with Gasteiger partial charge in [0, 0.05) is 38.7 Å². The highest BCUT2D eigenvalue weighted by Gasteiger charge is 2.31. The molecule has 1 amide bonds. The zero-order valence-corrected chi connectivity index (χ0v) is 20.7. The molecule has 6 nitrogen and oxygen atoms in total. The van der Waals surface area contributed by atoms with Crippen molar-refractivity contribution in [1.29, 1.82) is 0 Å². The molecule has 0 bridgehead atoms. The zero-order valence-electron chi connectivity index (χ0n) is 18.4. The van der Waals surface area contributed by atoms with Crippen molar-refractivity contribution in [1.82, 2.24) is 15.5 Å². The van der Waals surface area contributed by atoms with E-state index in [2.05, 4.69) is 40.7 Å². The van der Waals surface area contributed by atoms with Gasteiger partial charge in [-0.15, -0.1) is 24.0 Å². The van der Waals surface area contributed by atoms with Gasteiger partial charge in [0.25, 0.3) is 0 Å². The average molecular weight is 528 g/mol. The Morgan fingerprint density at radius 1 is 1.20 bits per heavy atom. The highest BCUT2D eigenvalue weighted by atomic mass is 127. The Morgan fingerprint density at radius 3 is 2.70 bits per heavy atom. The molecule has 1 aliphatic heterocycles. The fraction of sp³-hybridized carbons (Fsp3) is 0.652. The van der Waals surface area contributed by atoms with Crippen LogP contribution in [0, 0.1) is 5.92 Å². The molecular weight excluding hydrogens is 491 g/mol. The quantitative estimate of drug-likeness (QED) is 0.322. The predicted molar refractivity (Wildman–Crippen MR) is 132 cm³/mol. The largest absolute Gasteiger partial charge is 0.380 e. The third kappa shape index (κ3) is 7.41. The number of benzene rings is 1. The van der Waals surface area contributed by atoms with E-state index in [1.54, 1.807) is 7.11 Å². The van der Waals surface area contributed by atoms with Gasteiger partial charge in [0.1, 0.15) is 0 Å². The molecule has 1 aliphatic carbocycles. The lowest BCUT2D eigenvalue weighted by molar-refractivity contribution is -0.135. The van der Waals surface area contributed by atoms with Crippen LogP contribution in [0.5, 0.6) is 0 Å². The number of hydrogen-bond donors (Lipinski definition) is 2. The summed E-state index contributed by atoms with van der Waals surface area (Å²) < 4.78 is 5.22. The van der Waals surface area contributed by atoms with Gasteiger partial charge in [-0.2, -0.15) is 0 Å². The molecule has 7 heteroatoms. The first-order valence-corrected chi connectivity index (χ1v) is 11.1. The van der Waals surface area contributed by atoms with Gasteiger partial charge in [-0.25, -0.2) is 4.99 Å². The van der Waals surface area contributed by atoms with E-state index >= 15 is 0 Å². The van der Waals surface area contributed by atoms with Crippen LogP contribution in [0.15, 0.2) is 29.3 Å². The van der Waals surface area contributed by atoms with Gasteiger partial charge < -0.3 is 20.3 Å². The number of guanidine groups is 1. The number of amides is 1. The number of aliphatic imine (C=N–C) groups is 1. The summed E-state index contributed by atoms with van der Waals surface area (Å²) >= 11 is 0. The standard InChI is InChI=1S/C23H36N4O2.HI/c1-3-24-23(25-15-18-8-7-9-19(14-18)17-29-2)26-21-12-13-27(16-21)22(28)20-10-5-4-6-11-20;/h7-9,14,20-21H,3-6,10-13,15-17H2,1-2H3,(H2,24,25,26);1H. The normalized spacial score (nSPS) is 20.0. The van der Waals surface area contributed by atoms with Gasteiger partial charge in [-0.05, 0) is 37.3 Å². The molecule has 0 spiro atoms. The average Bonchev–Trinajstić information content (AvgIpc) is 3.21. The second kappa shape index (κ2) is 13.1. The van der Waals surface area contributed by atoms with Gasteiger partial charge in [-0.3, -0.25) is 4.79 Å². The van der Waals surface area contributed by atoms with Gasteiger partial charge in [0.05, 0.1) is 13.2 Å². The lowest BCUT2D eigenvalue weighted by atomic mass is 9.88. The summed E-state index contributed by atoms with van der Waals surface area (Å²) in [7, 11) is 1.71. The Labute approximate surface area is 198 Å². The number of hydrogen-bond acceptors (Lipinski definition) is 3. The van der Waals surface area contributed by atoms with Gasteiger partial charge in [0.15, 0.2) is 5.96 Å². The van der Waals surface area contributed by atoms with Crippen LogP contribution in [0.25, 0.3) is 0 Å². The van der Waals surface area contributed by atoms with Gasteiger partial charge >= 0.3 is 0 Å². The number of nitrogens with zero attached hydrogens (tertiary/aromatic N) is 2. The number of nitrogens with one attached hydrogen (secondary N) is 2. The highest BCUT2D eigenvalue weighted by molar-refractivity contribution is 14.0. The van der Waals surface area contributed by atoms with E-state index in [0.717, 1.165) is 56.0 Å². The van der Waals surface area contributed by atoms with Crippen molar-refractivity contribution < 1.29 is 9.53 Å². The fourth-order valence-electron chi connectivity index (χ4n) is 4.35. The SMILES string of the molecule is CCNC(=NCc1cccc(COC)c1)NC1CCN(C(=O)C2CCCCC2)C1.I. The van der Waals surface area contributed by atoms with Crippen molar-refractivity contribution in [3.63, 3.8) is 0 Å². The van der Waals surface area contributed by atoms with Crippen LogP contribution in [-0.2, 0) is 22.7 Å². The van der Waals surface area contributed by atoms with Crippen molar-refractivity contribution >= 4 is 35.8 Å². The van der Waals surface area contributed by atoms with Crippen LogP contribution in [0.1, 0.15) is 56.6 Å². The minimum absolute atomic E-state index is 0. The predicted octanol–water partition coefficient (Wildman–Crippen LogP) is 3.69. The summed E-state index contributed by atoms with van der Waals surface area (Å²) in [6.45, 7) is 5.75. The molecule has 1 aromatic rings. The van der Waals surface area contributed by atoms with E-state index in [0.29, 0.717) is 19.1 Å². The van der Waals surface area contributed by atoms with Gasteiger partial charge in [-0.1, -0.05) is 43.5 Å². The zero-order chi connectivity index (χ0) is 20.5. The Morgan fingerprint density at radius 2 is 1.97 bits per heavy atom. The molecule has 0 radical (unpaired) electrons. The number of methoxy groups -OCH3 is 1. The van der Waals surface area contributed by atoms with Crippen LogP contribution in [0.4, 0.5) is 0 Å². The number of ether oxygens (including phenoxy) is 1. The number of likely N-dealkylation sites (tertiary alicyclic amines) is 1. The Balaban J connectivity index is 0.00000320. The van der Waals surface area contributed by atoms with E-state index < -0.39 is 0 Å². The van der Waals surface area contributed by atoms with Crippen molar-refractivity contribution in [3.8, 4) is 0 Å². The summed E-state index contributed by atoms with van der Waals surface area (Å²) in [5, 5.41) is 6.87. The maximum absolute atomic E-state index is 12.8. The fourth-order valence-corrected chi connectivity index (χ4v) is 4.35. The summed E-state index contributed by atoms with van der Waals surface area (Å²) in [4.78, 5) is 19.6. The molecule has 1 heterocycles. The topological polar surface area (TPSA) is 66.0 Å². The second-order valence-corrected chi connectivity index (χ2v) is 8.20. The van der Waals surface area contributed by atoms with Crippen LogP contribution in [-0.4, -0.2) is 49.6 Å². The van der Waals surface area contributed by atoms with Crippen LogP contribution < -0.4 is 10.6 Å². The molecule has 1 saturated heterocycles. The van der Waals surface area contributed by atoms with E-state index in [1.807, 2.05) is 6.07 Å². The second-order valence-electron chi connectivity index (χ2n) is 8.20. The number of carbonyl (C=O) groups is 1. The first kappa shape index (κ1) is 24.9. The molecule has 3 rings (SSSR count). The highest BCUT2D eigenvalue weighted by Crippen LogP contribution is 2.26. The lowest BCUT2D eigenvalue weighted by Gasteiger charge is -2.26. The molecule has 1 saturated carbocycles. The summed E-state index contributed by atoms with van der Waals surface area (Å²) in [5.74, 6) is 1.44. The maximum Gasteiger partial charge on any atom is 0.225 e. The molecule has 1 atom stereocenters. The molecule has 2 N–H and O–H groups in total. The Kier molecular flexibility index (Phi) is 10.9. The molecule has 168 valence electrons. The van der Waals surface area contributed by atoms with Crippen molar-refractivity contribution in [2.45, 2.75) is 64.6 Å². The first-order valence-electron chi connectivity index (χ1n) is 11.1. The molecule has 0 aromatic heterocycles. The monoisotopic (exact) mass is 528 g/mol. The van der Waals surface area contributed by atoms with Crippen LogP contribution in [0.3, 0.4) is 0 Å². The molecule has 1 unspecified atom stereocenters. The molecular formula is C23H37IN4O2. The summed E-state index contributed by atoms with van der Waals surface area (Å²) in [6, 6.07) is 8.60. The minimum atomic E-state index is 0. The molecule has 2 aliphatic rings. The van der Waals surface area contributed by atoms with Crippen molar-refractivity contribution in [3.05, 3.63) is 35.4 Å². The third-order valence-corrected chi connectivity index (χ3v) is 5.86. The summed E-state index contributed by atoms with van der Waals surface area (Å²) in [6.07, 6.45) is 6.81. The van der Waals surface area contributed by atoms with E-state index in [9.17, 15) is 4.79 Å². The van der Waals surface area contributed by atoms with E-state index in [-0.39, 0.29) is 35.9 Å². The van der Waals surface area contributed by atoms with Crippen LogP contribution in [0.2, 0.25) is 0 Å². The minimum Gasteiger partial charge on any atom is -0.380 e. The first-order chi connectivity index (χ1) is 14.2. The lowest BCUT2D eigenvalue weighted by Crippen LogP contribution is -2.45. The molecule has 30 heavy (non-hydrogen) atoms. The number of halogens is 1. The summed E-state index contributed by atoms with van der Waals surface area (Å²) in [5.41, 5.74) is 2.32. The van der Waals surface area contributed by atoms with Crippen LogP contribution >= 0.6 is 24.0 Å². The van der Waals surface area contributed by atoms with Crippen molar-refractivity contribution in [2.24, 2.45) is 10.9 Å². The van der Waals surface area contributed by atoms with Gasteiger partial charge in [0.2, 0.25) is 5.91 Å². The van der Waals surface area contributed by atoms with E-state index in [1.165, 1.54) is 19.3 Å². The molecule has 1 aromatic carbocycles. The third-order valence-electron chi connectivity index (χ3n) is 5.86. The smallest absolute Gasteiger partial charge is 0.225 e. The van der Waals surface area contributed by atoms with E-state index in [4.69, 9.17) is 9.73 Å². The Hall–Kier alpha value is -1.35.